The fourth-order valence-corrected chi connectivity index (χ4v) is 4.37. The Labute approximate surface area is 192 Å². The van der Waals surface area contributed by atoms with Crippen LogP contribution in [0.3, 0.4) is 0 Å². The van der Waals surface area contributed by atoms with Crippen LogP contribution in [0.15, 0.2) is 72.8 Å². The summed E-state index contributed by atoms with van der Waals surface area (Å²) in [6, 6.07) is 22.0. The number of nitrogens with zero attached hydrogens (tertiary/aromatic N) is 1. The molecular weight excluding hydrogens is 418 g/mol. The van der Waals surface area contributed by atoms with Crippen LogP contribution in [-0.2, 0) is 4.79 Å². The highest BCUT2D eigenvalue weighted by atomic mass is 16.6. The Morgan fingerprint density at radius 3 is 2.39 bits per heavy atom. The first-order valence-corrected chi connectivity index (χ1v) is 11.2. The van der Waals surface area contributed by atoms with Gasteiger partial charge in [0.25, 0.3) is 5.91 Å². The molecule has 3 aromatic carbocycles. The lowest BCUT2D eigenvalue weighted by Gasteiger charge is -2.26. The Kier molecular flexibility index (Phi) is 5.98. The van der Waals surface area contributed by atoms with Gasteiger partial charge in [-0.3, -0.25) is 9.59 Å². The molecule has 168 valence electrons. The first-order chi connectivity index (χ1) is 16.2. The second-order valence-corrected chi connectivity index (χ2v) is 8.16. The van der Waals surface area contributed by atoms with Crippen molar-refractivity contribution in [1.29, 1.82) is 0 Å². The van der Waals surface area contributed by atoms with Crippen molar-refractivity contribution in [3.8, 4) is 17.2 Å². The summed E-state index contributed by atoms with van der Waals surface area (Å²) in [6.45, 7) is 1.74. The SMILES string of the molecule is O=C(c1ccccc1)c1ccc(OCC(=O)N2CCC[C@H]2c2ccc3c(c2)OCCO3)cc1. The minimum absolute atomic E-state index is 0.00259. The third-order valence-electron chi connectivity index (χ3n) is 6.04. The van der Waals surface area contributed by atoms with Gasteiger partial charge >= 0.3 is 0 Å². The Bertz CT molecular complexity index is 1140. The van der Waals surface area contributed by atoms with Gasteiger partial charge in [0, 0.05) is 17.7 Å². The average molecular weight is 443 g/mol. The van der Waals surface area contributed by atoms with Gasteiger partial charge in [-0.25, -0.2) is 0 Å². The van der Waals surface area contributed by atoms with E-state index in [9.17, 15) is 9.59 Å². The summed E-state index contributed by atoms with van der Waals surface area (Å²) in [5.74, 6) is 1.94. The molecule has 6 nitrogen and oxygen atoms in total. The highest BCUT2D eigenvalue weighted by Gasteiger charge is 2.31. The van der Waals surface area contributed by atoms with Gasteiger partial charge in [0.05, 0.1) is 6.04 Å². The van der Waals surface area contributed by atoms with Crippen LogP contribution in [0.4, 0.5) is 0 Å². The number of rotatable bonds is 6. The molecule has 0 spiro atoms. The molecule has 3 aromatic rings. The normalized spacial score (nSPS) is 17.0. The molecular formula is C27H25NO5. The van der Waals surface area contributed by atoms with Crippen LogP contribution in [0.2, 0.25) is 0 Å². The van der Waals surface area contributed by atoms with Gasteiger partial charge in [0.1, 0.15) is 19.0 Å². The van der Waals surface area contributed by atoms with Gasteiger partial charge in [-0.2, -0.15) is 0 Å². The fraction of sp³-hybridized carbons (Fsp3) is 0.259. The molecule has 1 amide bonds. The number of benzene rings is 3. The lowest BCUT2D eigenvalue weighted by Crippen LogP contribution is -2.34. The van der Waals surface area contributed by atoms with E-state index in [0.717, 1.165) is 29.9 Å². The monoisotopic (exact) mass is 443 g/mol. The van der Waals surface area contributed by atoms with E-state index >= 15 is 0 Å². The first kappa shape index (κ1) is 21.1. The average Bonchev–Trinajstić information content (AvgIpc) is 3.38. The zero-order valence-electron chi connectivity index (χ0n) is 18.2. The van der Waals surface area contributed by atoms with Crippen LogP contribution >= 0.6 is 0 Å². The quantitative estimate of drug-likeness (QED) is 0.528. The van der Waals surface area contributed by atoms with Crippen molar-refractivity contribution >= 4 is 11.7 Å². The maximum atomic E-state index is 12.9. The van der Waals surface area contributed by atoms with E-state index in [2.05, 4.69) is 0 Å². The number of hydrogen-bond donors (Lipinski definition) is 0. The molecule has 1 saturated heterocycles. The summed E-state index contributed by atoms with van der Waals surface area (Å²) in [7, 11) is 0. The van der Waals surface area contributed by atoms with Gasteiger partial charge in [0.15, 0.2) is 23.9 Å². The molecule has 0 N–H and O–H groups in total. The van der Waals surface area contributed by atoms with Gasteiger partial charge in [-0.1, -0.05) is 36.4 Å². The Morgan fingerprint density at radius 1 is 0.879 bits per heavy atom. The molecule has 0 saturated carbocycles. The highest BCUT2D eigenvalue weighted by molar-refractivity contribution is 6.09. The van der Waals surface area contributed by atoms with E-state index in [1.54, 1.807) is 36.4 Å². The zero-order chi connectivity index (χ0) is 22.6. The number of hydrogen-bond acceptors (Lipinski definition) is 5. The molecule has 2 heterocycles. The number of likely N-dealkylation sites (tertiary alicyclic amines) is 1. The predicted octanol–water partition coefficient (Wildman–Crippen LogP) is 4.43. The van der Waals surface area contributed by atoms with Crippen molar-refractivity contribution in [3.63, 3.8) is 0 Å². The van der Waals surface area contributed by atoms with Crippen molar-refractivity contribution in [2.75, 3.05) is 26.4 Å². The molecule has 0 aromatic heterocycles. The molecule has 5 rings (SSSR count). The maximum Gasteiger partial charge on any atom is 0.261 e. The molecule has 33 heavy (non-hydrogen) atoms. The molecule has 2 aliphatic heterocycles. The van der Waals surface area contributed by atoms with Crippen molar-refractivity contribution in [1.82, 2.24) is 4.90 Å². The molecule has 0 unspecified atom stereocenters. The molecule has 1 atom stereocenters. The predicted molar refractivity (Wildman–Crippen MR) is 123 cm³/mol. The van der Waals surface area contributed by atoms with E-state index in [0.29, 0.717) is 36.6 Å². The Morgan fingerprint density at radius 2 is 1.61 bits per heavy atom. The van der Waals surface area contributed by atoms with Gasteiger partial charge in [0.2, 0.25) is 0 Å². The van der Waals surface area contributed by atoms with Crippen LogP contribution in [0.5, 0.6) is 17.2 Å². The number of carbonyl (C=O) groups is 2. The zero-order valence-corrected chi connectivity index (χ0v) is 18.2. The number of amides is 1. The van der Waals surface area contributed by atoms with E-state index in [1.165, 1.54) is 0 Å². The van der Waals surface area contributed by atoms with Crippen molar-refractivity contribution in [3.05, 3.63) is 89.5 Å². The highest BCUT2D eigenvalue weighted by Crippen LogP contribution is 2.38. The molecule has 0 aliphatic carbocycles. The van der Waals surface area contributed by atoms with E-state index < -0.39 is 0 Å². The number of ether oxygens (including phenoxy) is 3. The Hall–Kier alpha value is -3.80. The number of carbonyl (C=O) groups excluding carboxylic acids is 2. The molecule has 1 fully saturated rings. The summed E-state index contributed by atoms with van der Waals surface area (Å²) in [5.41, 5.74) is 2.27. The second-order valence-electron chi connectivity index (χ2n) is 8.16. The minimum Gasteiger partial charge on any atom is -0.486 e. The van der Waals surface area contributed by atoms with Crippen LogP contribution in [0, 0.1) is 0 Å². The van der Waals surface area contributed by atoms with Crippen molar-refractivity contribution < 1.29 is 23.8 Å². The molecule has 0 radical (unpaired) electrons. The standard InChI is InChI=1S/C27H25NO5/c29-26(18-33-22-11-8-20(9-12-22)27(30)19-5-2-1-3-6-19)28-14-4-7-23(28)21-10-13-24-25(17-21)32-16-15-31-24/h1-3,5-6,8-13,17,23H,4,7,14-16,18H2/t23-/m0/s1. The van der Waals surface area contributed by atoms with E-state index in [4.69, 9.17) is 14.2 Å². The second kappa shape index (κ2) is 9.36. The topological polar surface area (TPSA) is 65.1 Å². The van der Waals surface area contributed by atoms with Gasteiger partial charge < -0.3 is 19.1 Å². The Balaban J connectivity index is 1.21. The van der Waals surface area contributed by atoms with Crippen LogP contribution < -0.4 is 14.2 Å². The largest absolute Gasteiger partial charge is 0.486 e. The maximum absolute atomic E-state index is 12.9. The van der Waals surface area contributed by atoms with Gasteiger partial charge in [-0.15, -0.1) is 0 Å². The minimum atomic E-state index is -0.0585. The van der Waals surface area contributed by atoms with E-state index in [-0.39, 0.29) is 24.3 Å². The van der Waals surface area contributed by atoms with Crippen molar-refractivity contribution in [2.24, 2.45) is 0 Å². The smallest absolute Gasteiger partial charge is 0.261 e. The molecule has 0 bridgehead atoms. The third-order valence-corrected chi connectivity index (χ3v) is 6.04. The summed E-state index contributed by atoms with van der Waals surface area (Å²) >= 11 is 0. The summed E-state index contributed by atoms with van der Waals surface area (Å²) < 4.78 is 17.1. The van der Waals surface area contributed by atoms with Crippen molar-refractivity contribution in [2.45, 2.75) is 18.9 Å². The van der Waals surface area contributed by atoms with Crippen LogP contribution in [-0.4, -0.2) is 43.0 Å². The summed E-state index contributed by atoms with van der Waals surface area (Å²) in [4.78, 5) is 27.4. The lowest BCUT2D eigenvalue weighted by molar-refractivity contribution is -0.134. The van der Waals surface area contributed by atoms with Crippen LogP contribution in [0.25, 0.3) is 0 Å². The summed E-state index contributed by atoms with van der Waals surface area (Å²) in [6.07, 6.45) is 1.85. The van der Waals surface area contributed by atoms with E-state index in [1.807, 2.05) is 41.3 Å². The fourth-order valence-electron chi connectivity index (χ4n) is 4.37. The third kappa shape index (κ3) is 4.55. The molecule has 2 aliphatic rings. The van der Waals surface area contributed by atoms with Crippen LogP contribution in [0.1, 0.15) is 40.4 Å². The summed E-state index contributed by atoms with van der Waals surface area (Å²) in [5, 5.41) is 0. The number of ketones is 1. The molecule has 6 heteroatoms. The van der Waals surface area contributed by atoms with Gasteiger partial charge in [-0.05, 0) is 54.8 Å². The lowest BCUT2D eigenvalue weighted by atomic mass is 10.0. The number of fused-ring (bicyclic) bond motifs is 1. The first-order valence-electron chi connectivity index (χ1n) is 11.2.